The van der Waals surface area contributed by atoms with Crippen molar-refractivity contribution in [1.29, 1.82) is 0 Å². The molecule has 156 valence electrons. The summed E-state index contributed by atoms with van der Waals surface area (Å²) < 4.78 is 23.8. The van der Waals surface area contributed by atoms with E-state index in [1.807, 2.05) is 36.1 Å². The number of sulfone groups is 1. The molecule has 0 spiro atoms. The first kappa shape index (κ1) is 19.8. The summed E-state index contributed by atoms with van der Waals surface area (Å²) in [4.78, 5) is 23.6. The summed E-state index contributed by atoms with van der Waals surface area (Å²) >= 11 is 6.68. The van der Waals surface area contributed by atoms with E-state index in [0.717, 1.165) is 40.2 Å². The SMILES string of the molecule is Cc1cncc(-c2ccc(C3=Cc4cnc(S(C)(=O)=O)nc4N4CCN=C34)c(Cl)c2)n1. The highest BCUT2D eigenvalue weighted by Gasteiger charge is 2.32. The number of hydrogen-bond donors (Lipinski definition) is 0. The van der Waals surface area contributed by atoms with Crippen LogP contribution in [-0.2, 0) is 9.84 Å². The maximum Gasteiger partial charge on any atom is 0.248 e. The zero-order valence-corrected chi connectivity index (χ0v) is 18.3. The van der Waals surface area contributed by atoms with Crippen molar-refractivity contribution in [3.05, 3.63) is 58.6 Å². The maximum atomic E-state index is 11.9. The van der Waals surface area contributed by atoms with Crippen molar-refractivity contribution in [2.24, 2.45) is 4.99 Å². The fourth-order valence-electron chi connectivity index (χ4n) is 3.66. The number of aryl methyl sites for hydroxylation is 1. The lowest BCUT2D eigenvalue weighted by molar-refractivity contribution is 0.593. The van der Waals surface area contributed by atoms with Gasteiger partial charge in [0.05, 0.1) is 24.1 Å². The summed E-state index contributed by atoms with van der Waals surface area (Å²) in [7, 11) is -3.51. The van der Waals surface area contributed by atoms with E-state index < -0.39 is 9.84 Å². The monoisotopic (exact) mass is 452 g/mol. The molecular weight excluding hydrogens is 436 g/mol. The molecule has 8 nitrogen and oxygen atoms in total. The second-order valence-electron chi connectivity index (χ2n) is 7.36. The Hall–Kier alpha value is -3.17. The first-order chi connectivity index (χ1) is 14.8. The summed E-state index contributed by atoms with van der Waals surface area (Å²) in [6.45, 7) is 3.08. The van der Waals surface area contributed by atoms with Crippen LogP contribution in [0, 0.1) is 6.92 Å². The lowest BCUT2D eigenvalue weighted by Crippen LogP contribution is -2.32. The van der Waals surface area contributed by atoms with Gasteiger partial charge >= 0.3 is 0 Å². The summed E-state index contributed by atoms with van der Waals surface area (Å²) in [6, 6.07) is 5.74. The van der Waals surface area contributed by atoms with Crippen LogP contribution in [0.3, 0.4) is 0 Å². The number of nitrogens with zero attached hydrogens (tertiary/aromatic N) is 6. The molecule has 1 aromatic carbocycles. The first-order valence-corrected chi connectivity index (χ1v) is 11.8. The molecule has 0 amide bonds. The first-order valence-electron chi connectivity index (χ1n) is 9.51. The van der Waals surface area contributed by atoms with Gasteiger partial charge in [0.1, 0.15) is 11.7 Å². The molecule has 0 saturated heterocycles. The molecule has 0 N–H and O–H groups in total. The molecule has 0 unspecified atom stereocenters. The molecule has 2 aliphatic rings. The number of benzene rings is 1. The van der Waals surface area contributed by atoms with Gasteiger partial charge in [-0.2, -0.15) is 4.98 Å². The third-order valence-corrected chi connectivity index (χ3v) is 6.23. The van der Waals surface area contributed by atoms with Crippen LogP contribution in [0.25, 0.3) is 22.9 Å². The molecule has 5 rings (SSSR count). The number of halogens is 1. The molecule has 10 heteroatoms. The molecule has 0 saturated carbocycles. The minimum atomic E-state index is -3.51. The zero-order chi connectivity index (χ0) is 21.8. The highest BCUT2D eigenvalue weighted by atomic mass is 35.5. The van der Waals surface area contributed by atoms with Gasteiger partial charge < -0.3 is 4.90 Å². The summed E-state index contributed by atoms with van der Waals surface area (Å²) in [6.07, 6.45) is 7.92. The minimum Gasteiger partial charge on any atom is -0.308 e. The van der Waals surface area contributed by atoms with E-state index >= 15 is 0 Å². The van der Waals surface area contributed by atoms with Crippen LogP contribution in [0.15, 0.2) is 46.9 Å². The topological polar surface area (TPSA) is 101 Å². The Labute approximate surface area is 184 Å². The standard InChI is InChI=1S/C21H17ClN6O2S/c1-12-9-23-11-18(26-12)13-3-4-15(17(22)8-13)16-7-14-10-25-21(31(2,29)30)27-19(14)28-6-5-24-20(16)28/h3-4,7-11H,5-6H2,1-2H3. The number of amidine groups is 1. The Morgan fingerprint density at radius 1 is 1.13 bits per heavy atom. The van der Waals surface area contributed by atoms with Crippen molar-refractivity contribution in [2.75, 3.05) is 24.2 Å². The van der Waals surface area contributed by atoms with Crippen LogP contribution >= 0.6 is 11.6 Å². The Kier molecular flexibility index (Phi) is 4.60. The third-order valence-electron chi connectivity index (χ3n) is 5.05. The minimum absolute atomic E-state index is 0.198. The van der Waals surface area contributed by atoms with E-state index in [1.54, 1.807) is 12.4 Å². The molecule has 0 aliphatic carbocycles. The smallest absolute Gasteiger partial charge is 0.248 e. The van der Waals surface area contributed by atoms with Crippen LogP contribution in [0.1, 0.15) is 16.8 Å². The Balaban J connectivity index is 1.61. The predicted octanol–water partition coefficient (Wildman–Crippen LogP) is 3.07. The van der Waals surface area contributed by atoms with Crippen molar-refractivity contribution in [2.45, 2.75) is 12.1 Å². The molecule has 2 aliphatic heterocycles. The second-order valence-corrected chi connectivity index (χ2v) is 9.68. The molecule has 0 atom stereocenters. The number of hydrogen-bond acceptors (Lipinski definition) is 8. The van der Waals surface area contributed by atoms with Gasteiger partial charge in [-0.1, -0.05) is 23.7 Å². The molecule has 3 aromatic rings. The van der Waals surface area contributed by atoms with Crippen molar-refractivity contribution in [3.8, 4) is 11.3 Å². The van der Waals surface area contributed by atoms with Gasteiger partial charge in [0.25, 0.3) is 0 Å². The number of fused-ring (bicyclic) bond motifs is 3. The number of anilines is 1. The average Bonchev–Trinajstić information content (AvgIpc) is 3.22. The van der Waals surface area contributed by atoms with Crippen molar-refractivity contribution < 1.29 is 8.42 Å². The normalized spacial score (nSPS) is 15.3. The van der Waals surface area contributed by atoms with Gasteiger partial charge in [-0.25, -0.2) is 18.4 Å². The maximum absolute atomic E-state index is 11.9. The van der Waals surface area contributed by atoms with E-state index in [9.17, 15) is 8.42 Å². The van der Waals surface area contributed by atoms with Gasteiger partial charge in [-0.05, 0) is 19.1 Å². The van der Waals surface area contributed by atoms with Crippen LogP contribution in [0.2, 0.25) is 5.02 Å². The molecule has 0 fully saturated rings. The number of aromatic nitrogens is 4. The largest absolute Gasteiger partial charge is 0.308 e. The molecular formula is C21H17ClN6O2S. The van der Waals surface area contributed by atoms with Gasteiger partial charge in [-0.15, -0.1) is 0 Å². The Morgan fingerprint density at radius 2 is 1.97 bits per heavy atom. The van der Waals surface area contributed by atoms with E-state index in [1.165, 1.54) is 6.20 Å². The molecule has 0 bridgehead atoms. The van der Waals surface area contributed by atoms with Gasteiger partial charge in [0.2, 0.25) is 15.0 Å². The van der Waals surface area contributed by atoms with E-state index in [-0.39, 0.29) is 5.16 Å². The predicted molar refractivity (Wildman–Crippen MR) is 120 cm³/mol. The van der Waals surface area contributed by atoms with Crippen LogP contribution < -0.4 is 4.90 Å². The van der Waals surface area contributed by atoms with Gasteiger partial charge in [-0.3, -0.25) is 9.98 Å². The second kappa shape index (κ2) is 7.21. The van der Waals surface area contributed by atoms with Crippen molar-refractivity contribution in [3.63, 3.8) is 0 Å². The summed E-state index contributed by atoms with van der Waals surface area (Å²) in [5, 5.41) is 0.356. The zero-order valence-electron chi connectivity index (χ0n) is 16.7. The lowest BCUT2D eigenvalue weighted by Gasteiger charge is -2.27. The summed E-state index contributed by atoms with van der Waals surface area (Å²) in [5.74, 6) is 1.26. The van der Waals surface area contributed by atoms with E-state index in [0.29, 0.717) is 29.5 Å². The van der Waals surface area contributed by atoms with Crippen molar-refractivity contribution in [1.82, 2.24) is 19.9 Å². The van der Waals surface area contributed by atoms with Gasteiger partial charge in [0.15, 0.2) is 0 Å². The number of rotatable bonds is 3. The third kappa shape index (κ3) is 3.49. The Bertz CT molecular complexity index is 1400. The average molecular weight is 453 g/mol. The van der Waals surface area contributed by atoms with Gasteiger partial charge in [0, 0.05) is 52.5 Å². The number of aliphatic imine (C=N–C) groups is 1. The highest BCUT2D eigenvalue weighted by Crippen LogP contribution is 2.38. The fraction of sp³-hybridized carbons (Fsp3) is 0.190. The fourth-order valence-corrected chi connectivity index (χ4v) is 4.44. The quantitative estimate of drug-likeness (QED) is 0.563. The van der Waals surface area contributed by atoms with Crippen LogP contribution in [0.4, 0.5) is 5.82 Å². The van der Waals surface area contributed by atoms with Crippen LogP contribution in [0.5, 0.6) is 0 Å². The molecule has 2 aromatic heterocycles. The molecule has 0 radical (unpaired) electrons. The highest BCUT2D eigenvalue weighted by molar-refractivity contribution is 7.90. The Morgan fingerprint density at radius 3 is 2.71 bits per heavy atom. The molecule has 31 heavy (non-hydrogen) atoms. The van der Waals surface area contributed by atoms with Crippen molar-refractivity contribution >= 4 is 44.7 Å². The van der Waals surface area contributed by atoms with E-state index in [4.69, 9.17) is 11.6 Å². The van der Waals surface area contributed by atoms with Crippen LogP contribution in [-0.4, -0.2) is 53.5 Å². The molecule has 4 heterocycles. The van der Waals surface area contributed by atoms with E-state index in [2.05, 4.69) is 24.9 Å². The lowest BCUT2D eigenvalue weighted by atomic mass is 9.97. The summed E-state index contributed by atoms with van der Waals surface area (Å²) in [5.41, 5.74) is 4.81.